The van der Waals surface area contributed by atoms with Crippen LogP contribution in [-0.2, 0) is 0 Å². The SMILES string of the molecule is CCCOc1ccc(OCC[NH2+]C2CCCC2)cc1. The minimum Gasteiger partial charge on any atom is -0.494 e. The van der Waals surface area contributed by atoms with Crippen molar-refractivity contribution in [3.05, 3.63) is 24.3 Å². The van der Waals surface area contributed by atoms with Gasteiger partial charge in [-0.05, 0) is 56.4 Å². The molecular formula is C16H26NO2+. The summed E-state index contributed by atoms with van der Waals surface area (Å²) in [5, 5.41) is 2.44. The molecule has 0 heterocycles. The van der Waals surface area contributed by atoms with E-state index in [1.807, 2.05) is 24.3 Å². The van der Waals surface area contributed by atoms with Gasteiger partial charge in [-0.3, -0.25) is 0 Å². The van der Waals surface area contributed by atoms with Crippen LogP contribution in [0.2, 0.25) is 0 Å². The number of nitrogens with two attached hydrogens (primary N) is 1. The lowest BCUT2D eigenvalue weighted by atomic mass is 10.2. The average Bonchev–Trinajstić information content (AvgIpc) is 2.96. The second-order valence-electron chi connectivity index (χ2n) is 5.24. The summed E-state index contributed by atoms with van der Waals surface area (Å²) in [4.78, 5) is 0. The van der Waals surface area contributed by atoms with E-state index < -0.39 is 0 Å². The van der Waals surface area contributed by atoms with Gasteiger partial charge >= 0.3 is 0 Å². The van der Waals surface area contributed by atoms with Crippen LogP contribution in [0.3, 0.4) is 0 Å². The minimum absolute atomic E-state index is 0.774. The first-order valence-electron chi connectivity index (χ1n) is 7.57. The molecule has 0 unspecified atom stereocenters. The first-order valence-corrected chi connectivity index (χ1v) is 7.57. The summed E-state index contributed by atoms with van der Waals surface area (Å²) in [5.41, 5.74) is 0. The molecule has 0 aliphatic heterocycles. The van der Waals surface area contributed by atoms with E-state index in [9.17, 15) is 0 Å². The third-order valence-electron chi connectivity index (χ3n) is 3.58. The highest BCUT2D eigenvalue weighted by Crippen LogP contribution is 2.17. The summed E-state index contributed by atoms with van der Waals surface area (Å²) in [7, 11) is 0. The third kappa shape index (κ3) is 5.11. The summed E-state index contributed by atoms with van der Waals surface area (Å²) in [5.74, 6) is 1.86. The van der Waals surface area contributed by atoms with Crippen LogP contribution in [0.1, 0.15) is 39.0 Å². The van der Waals surface area contributed by atoms with Crippen LogP contribution in [0.25, 0.3) is 0 Å². The Morgan fingerprint density at radius 1 is 1.00 bits per heavy atom. The Bertz CT molecular complexity index is 344. The first kappa shape index (κ1) is 14.2. The number of rotatable bonds is 8. The van der Waals surface area contributed by atoms with Crippen LogP contribution < -0.4 is 14.8 Å². The number of hydrogen-bond acceptors (Lipinski definition) is 2. The third-order valence-corrected chi connectivity index (χ3v) is 3.58. The predicted molar refractivity (Wildman–Crippen MR) is 76.8 cm³/mol. The maximum atomic E-state index is 5.74. The van der Waals surface area contributed by atoms with Gasteiger partial charge in [0.25, 0.3) is 0 Å². The average molecular weight is 264 g/mol. The zero-order valence-electron chi connectivity index (χ0n) is 11.9. The summed E-state index contributed by atoms with van der Waals surface area (Å²) >= 11 is 0. The summed E-state index contributed by atoms with van der Waals surface area (Å²) in [6, 6.07) is 8.77. The van der Waals surface area contributed by atoms with Crippen molar-refractivity contribution >= 4 is 0 Å². The van der Waals surface area contributed by atoms with Gasteiger partial charge in [-0.2, -0.15) is 0 Å². The number of ether oxygens (including phenoxy) is 2. The standard InChI is InChI=1S/C16H25NO2/c1-2-12-18-15-7-9-16(10-8-15)19-13-11-17-14-5-3-4-6-14/h7-10,14,17H,2-6,11-13H2,1H3/p+1. The molecule has 1 aromatic carbocycles. The van der Waals surface area contributed by atoms with Crippen LogP contribution >= 0.6 is 0 Å². The molecule has 3 nitrogen and oxygen atoms in total. The van der Waals surface area contributed by atoms with Crippen molar-refractivity contribution in [1.82, 2.24) is 0 Å². The van der Waals surface area contributed by atoms with E-state index in [1.165, 1.54) is 25.7 Å². The van der Waals surface area contributed by atoms with E-state index >= 15 is 0 Å². The van der Waals surface area contributed by atoms with Crippen molar-refractivity contribution in [1.29, 1.82) is 0 Å². The topological polar surface area (TPSA) is 35.1 Å². The molecule has 1 aromatic rings. The van der Waals surface area contributed by atoms with Crippen molar-refractivity contribution in [3.63, 3.8) is 0 Å². The van der Waals surface area contributed by atoms with Gasteiger partial charge in [0.15, 0.2) is 0 Å². The highest BCUT2D eigenvalue weighted by molar-refractivity contribution is 5.31. The molecule has 0 saturated heterocycles. The van der Waals surface area contributed by atoms with Gasteiger partial charge in [0.05, 0.1) is 12.6 Å². The molecule has 1 aliphatic rings. The molecule has 2 rings (SSSR count). The van der Waals surface area contributed by atoms with Crippen LogP contribution in [0.15, 0.2) is 24.3 Å². The van der Waals surface area contributed by atoms with Gasteiger partial charge in [-0.15, -0.1) is 0 Å². The fraction of sp³-hybridized carbons (Fsp3) is 0.625. The molecule has 2 N–H and O–H groups in total. The molecule has 1 saturated carbocycles. The molecule has 1 fully saturated rings. The fourth-order valence-electron chi connectivity index (χ4n) is 2.53. The molecule has 3 heteroatoms. The zero-order valence-corrected chi connectivity index (χ0v) is 11.9. The van der Waals surface area contributed by atoms with Gasteiger partial charge in [-0.25, -0.2) is 0 Å². The number of hydrogen-bond donors (Lipinski definition) is 1. The largest absolute Gasteiger partial charge is 0.494 e. The highest BCUT2D eigenvalue weighted by atomic mass is 16.5. The lowest BCUT2D eigenvalue weighted by Gasteiger charge is -2.10. The monoisotopic (exact) mass is 264 g/mol. The Morgan fingerprint density at radius 3 is 2.16 bits per heavy atom. The maximum absolute atomic E-state index is 5.74. The van der Waals surface area contributed by atoms with E-state index in [0.717, 1.165) is 43.7 Å². The number of benzene rings is 1. The van der Waals surface area contributed by atoms with E-state index in [0.29, 0.717) is 0 Å². The molecular weight excluding hydrogens is 238 g/mol. The molecule has 0 spiro atoms. The fourth-order valence-corrected chi connectivity index (χ4v) is 2.53. The van der Waals surface area contributed by atoms with Gasteiger partial charge < -0.3 is 14.8 Å². The van der Waals surface area contributed by atoms with Crippen molar-refractivity contribution in [2.45, 2.75) is 45.1 Å². The molecule has 0 aromatic heterocycles. The zero-order chi connectivity index (χ0) is 13.3. The van der Waals surface area contributed by atoms with E-state index in [-0.39, 0.29) is 0 Å². The summed E-state index contributed by atoms with van der Waals surface area (Å²) < 4.78 is 11.3. The minimum atomic E-state index is 0.774. The van der Waals surface area contributed by atoms with E-state index in [1.54, 1.807) is 0 Å². The van der Waals surface area contributed by atoms with E-state index in [4.69, 9.17) is 9.47 Å². The van der Waals surface area contributed by atoms with Crippen LogP contribution in [0, 0.1) is 0 Å². The highest BCUT2D eigenvalue weighted by Gasteiger charge is 2.16. The quantitative estimate of drug-likeness (QED) is 0.732. The van der Waals surface area contributed by atoms with Gasteiger partial charge in [-0.1, -0.05) is 6.92 Å². The predicted octanol–water partition coefficient (Wildman–Crippen LogP) is 2.36. The molecule has 1 aliphatic carbocycles. The van der Waals surface area contributed by atoms with Gasteiger partial charge in [0.1, 0.15) is 24.7 Å². The maximum Gasteiger partial charge on any atom is 0.137 e. The second-order valence-corrected chi connectivity index (χ2v) is 5.24. The smallest absolute Gasteiger partial charge is 0.137 e. The number of quaternary nitrogens is 1. The van der Waals surface area contributed by atoms with Gasteiger partial charge in [0.2, 0.25) is 0 Å². The summed E-state index contributed by atoms with van der Waals surface area (Å²) in [6.07, 6.45) is 6.60. The van der Waals surface area contributed by atoms with Crippen LogP contribution in [0.5, 0.6) is 11.5 Å². The van der Waals surface area contributed by atoms with Crippen molar-refractivity contribution in [3.8, 4) is 11.5 Å². The lowest BCUT2D eigenvalue weighted by Crippen LogP contribution is -2.90. The van der Waals surface area contributed by atoms with Crippen molar-refractivity contribution in [2.75, 3.05) is 19.8 Å². The normalized spacial score (nSPS) is 15.6. The van der Waals surface area contributed by atoms with Crippen LogP contribution in [-0.4, -0.2) is 25.8 Å². The Kier molecular flexibility index (Phi) is 6.02. The van der Waals surface area contributed by atoms with Gasteiger partial charge in [0, 0.05) is 0 Å². The second kappa shape index (κ2) is 8.05. The molecule has 19 heavy (non-hydrogen) atoms. The Morgan fingerprint density at radius 2 is 1.58 bits per heavy atom. The van der Waals surface area contributed by atoms with Crippen molar-refractivity contribution < 1.29 is 14.8 Å². The summed E-state index contributed by atoms with van der Waals surface area (Å²) in [6.45, 7) is 4.72. The molecule has 0 radical (unpaired) electrons. The van der Waals surface area contributed by atoms with E-state index in [2.05, 4.69) is 12.2 Å². The van der Waals surface area contributed by atoms with Crippen molar-refractivity contribution in [2.24, 2.45) is 0 Å². The first-order chi connectivity index (χ1) is 9.38. The molecule has 0 bridgehead atoms. The molecule has 0 atom stereocenters. The lowest BCUT2D eigenvalue weighted by molar-refractivity contribution is -0.688. The Hall–Kier alpha value is -1.22. The Labute approximate surface area is 116 Å². The molecule has 106 valence electrons. The Balaban J connectivity index is 1.62. The molecule has 0 amide bonds. The van der Waals surface area contributed by atoms with Crippen LogP contribution in [0.4, 0.5) is 0 Å².